The summed E-state index contributed by atoms with van der Waals surface area (Å²) in [5.74, 6) is -3.62. The molecule has 0 amide bonds. The Kier molecular flexibility index (Phi) is 15.6. The van der Waals surface area contributed by atoms with Crippen LogP contribution in [0.5, 0.6) is 0 Å². The van der Waals surface area contributed by atoms with E-state index in [2.05, 4.69) is 19.1 Å². The smallest absolute Gasteiger partial charge is 0.350 e. The van der Waals surface area contributed by atoms with Gasteiger partial charge in [0, 0.05) is 13.5 Å². The SMILES string of the molecule is COC(=O)[C@H]1OC(=O)[C@]2(OC(CCC[C@@H](OCc3ccccc3)[C@H](C)Cc3ccccc3)(OC)[C@H](OCc3ccccc3)[C@H]2OCc2ccccc2)[C@]1(O)COCc1ccccc1. The molecule has 0 aliphatic carbocycles. The number of ether oxygens (including phenoxy) is 8. The molecule has 2 aliphatic heterocycles. The van der Waals surface area contributed by atoms with Crippen molar-refractivity contribution < 1.29 is 52.6 Å². The molecule has 332 valence electrons. The maximum absolute atomic E-state index is 14.8. The highest BCUT2D eigenvalue weighted by Crippen LogP contribution is 2.55. The summed E-state index contributed by atoms with van der Waals surface area (Å²) >= 11 is 0. The van der Waals surface area contributed by atoms with Gasteiger partial charge in [-0.3, -0.25) is 0 Å². The second-order valence-corrected chi connectivity index (χ2v) is 16.4. The largest absolute Gasteiger partial charge is 0.466 e. The number of esters is 2. The Morgan fingerprint density at radius 3 is 1.65 bits per heavy atom. The Morgan fingerprint density at radius 1 is 0.667 bits per heavy atom. The van der Waals surface area contributed by atoms with Crippen LogP contribution >= 0.6 is 0 Å². The van der Waals surface area contributed by atoms with Gasteiger partial charge in [-0.05, 0) is 53.0 Å². The van der Waals surface area contributed by atoms with Crippen molar-refractivity contribution in [3.8, 4) is 0 Å². The molecule has 2 saturated heterocycles. The van der Waals surface area contributed by atoms with Crippen LogP contribution in [0.15, 0.2) is 152 Å². The van der Waals surface area contributed by atoms with E-state index < -0.39 is 53.8 Å². The molecule has 5 aromatic rings. The zero-order valence-electron chi connectivity index (χ0n) is 36.2. The van der Waals surface area contributed by atoms with Crippen molar-refractivity contribution in [3.05, 3.63) is 179 Å². The minimum absolute atomic E-state index is 0.00880. The van der Waals surface area contributed by atoms with E-state index in [4.69, 9.17) is 37.9 Å². The van der Waals surface area contributed by atoms with Crippen molar-refractivity contribution in [1.82, 2.24) is 0 Å². The van der Waals surface area contributed by atoms with Gasteiger partial charge in [-0.1, -0.05) is 159 Å². The summed E-state index contributed by atoms with van der Waals surface area (Å²) in [6, 6.07) is 48.7. The molecule has 2 fully saturated rings. The minimum Gasteiger partial charge on any atom is -0.466 e. The number of hydrogen-bond acceptors (Lipinski definition) is 11. The molecule has 63 heavy (non-hydrogen) atoms. The number of hydrogen-bond donors (Lipinski definition) is 1. The predicted molar refractivity (Wildman–Crippen MR) is 235 cm³/mol. The van der Waals surface area contributed by atoms with Crippen LogP contribution in [-0.2, 0) is 80.3 Å². The monoisotopic (exact) mass is 858 g/mol. The summed E-state index contributed by atoms with van der Waals surface area (Å²) in [5.41, 5.74) is -0.196. The first kappa shape index (κ1) is 45.8. The van der Waals surface area contributed by atoms with Crippen molar-refractivity contribution in [2.45, 2.75) is 100 Å². The average molecular weight is 859 g/mol. The van der Waals surface area contributed by atoms with Crippen LogP contribution in [-0.4, -0.2) is 79.3 Å². The van der Waals surface area contributed by atoms with Gasteiger partial charge in [-0.25, -0.2) is 9.59 Å². The molecule has 2 heterocycles. The summed E-state index contributed by atoms with van der Waals surface area (Å²) in [5, 5.41) is 13.1. The maximum atomic E-state index is 14.8. The van der Waals surface area contributed by atoms with E-state index in [-0.39, 0.29) is 38.3 Å². The third kappa shape index (κ3) is 10.4. The fourth-order valence-electron chi connectivity index (χ4n) is 8.79. The Balaban J connectivity index is 1.26. The summed E-state index contributed by atoms with van der Waals surface area (Å²) in [7, 11) is 2.64. The highest BCUT2D eigenvalue weighted by atomic mass is 16.8. The normalized spacial score (nSPS) is 25.1. The quantitative estimate of drug-likeness (QED) is 0.0682. The summed E-state index contributed by atoms with van der Waals surface area (Å²) in [6.07, 6.45) is -2.53. The van der Waals surface area contributed by atoms with Gasteiger partial charge in [-0.2, -0.15) is 0 Å². The van der Waals surface area contributed by atoms with Gasteiger partial charge in [0.25, 0.3) is 0 Å². The number of carbonyl (C=O) groups excluding carboxylic acids is 2. The van der Waals surface area contributed by atoms with Gasteiger partial charge in [0.05, 0.1) is 46.2 Å². The van der Waals surface area contributed by atoms with Crippen LogP contribution < -0.4 is 0 Å². The highest BCUT2D eigenvalue weighted by Gasteiger charge is 2.82. The molecule has 8 atom stereocenters. The van der Waals surface area contributed by atoms with Crippen LogP contribution in [0.3, 0.4) is 0 Å². The van der Waals surface area contributed by atoms with Crippen molar-refractivity contribution in [2.75, 3.05) is 20.8 Å². The first-order valence-corrected chi connectivity index (χ1v) is 21.6. The summed E-state index contributed by atoms with van der Waals surface area (Å²) < 4.78 is 50.9. The third-order valence-electron chi connectivity index (χ3n) is 12.1. The second kappa shape index (κ2) is 21.4. The Bertz CT molecular complexity index is 2160. The lowest BCUT2D eigenvalue weighted by Crippen LogP contribution is -2.68. The van der Waals surface area contributed by atoms with Gasteiger partial charge in [-0.15, -0.1) is 0 Å². The molecular formula is C52H58O11. The van der Waals surface area contributed by atoms with E-state index in [1.54, 1.807) is 0 Å². The zero-order valence-corrected chi connectivity index (χ0v) is 36.2. The van der Waals surface area contributed by atoms with Gasteiger partial charge in [0.15, 0.2) is 11.4 Å². The number of methoxy groups -OCH3 is 2. The fraction of sp³-hybridized carbons (Fsp3) is 0.385. The number of carbonyl (C=O) groups is 2. The molecule has 0 radical (unpaired) electrons. The molecule has 1 spiro atoms. The van der Waals surface area contributed by atoms with Crippen LogP contribution in [0.2, 0.25) is 0 Å². The van der Waals surface area contributed by atoms with Crippen molar-refractivity contribution in [2.24, 2.45) is 5.92 Å². The molecule has 7 rings (SSSR count). The molecule has 2 aliphatic rings. The lowest BCUT2D eigenvalue weighted by atomic mass is 9.76. The van der Waals surface area contributed by atoms with E-state index in [9.17, 15) is 14.7 Å². The van der Waals surface area contributed by atoms with Gasteiger partial charge in [0.2, 0.25) is 11.7 Å². The molecule has 1 unspecified atom stereocenters. The second-order valence-electron chi connectivity index (χ2n) is 16.4. The predicted octanol–water partition coefficient (Wildman–Crippen LogP) is 7.95. The van der Waals surface area contributed by atoms with Crippen LogP contribution in [0.4, 0.5) is 0 Å². The maximum Gasteiger partial charge on any atom is 0.350 e. The number of cyclic esters (lactones) is 1. The minimum atomic E-state index is -2.49. The number of rotatable bonds is 22. The summed E-state index contributed by atoms with van der Waals surface area (Å²) in [4.78, 5) is 28.4. The Hall–Kier alpha value is -5.24. The molecule has 11 heteroatoms. The first-order valence-electron chi connectivity index (χ1n) is 21.6. The van der Waals surface area contributed by atoms with Gasteiger partial charge < -0.3 is 43.0 Å². The lowest BCUT2D eigenvalue weighted by Gasteiger charge is -2.39. The van der Waals surface area contributed by atoms with Crippen LogP contribution in [0.1, 0.15) is 54.0 Å². The Labute approximate surface area is 370 Å². The van der Waals surface area contributed by atoms with E-state index in [1.165, 1.54) is 12.7 Å². The third-order valence-corrected chi connectivity index (χ3v) is 12.1. The van der Waals surface area contributed by atoms with E-state index in [0.29, 0.717) is 19.4 Å². The molecule has 11 nitrogen and oxygen atoms in total. The molecule has 5 aromatic carbocycles. The van der Waals surface area contributed by atoms with Gasteiger partial charge >= 0.3 is 11.9 Å². The average Bonchev–Trinajstić information content (AvgIpc) is 3.73. The molecule has 0 bridgehead atoms. The molecule has 0 saturated carbocycles. The fourth-order valence-corrected chi connectivity index (χ4v) is 8.79. The van der Waals surface area contributed by atoms with Crippen molar-refractivity contribution >= 4 is 11.9 Å². The molecule has 0 aromatic heterocycles. The number of aliphatic hydroxyl groups is 1. The van der Waals surface area contributed by atoms with Crippen molar-refractivity contribution in [3.63, 3.8) is 0 Å². The number of benzene rings is 5. The van der Waals surface area contributed by atoms with E-state index in [0.717, 1.165) is 35.8 Å². The first-order chi connectivity index (χ1) is 30.7. The van der Waals surface area contributed by atoms with Crippen molar-refractivity contribution in [1.29, 1.82) is 0 Å². The topological polar surface area (TPSA) is 128 Å². The summed E-state index contributed by atoms with van der Waals surface area (Å²) in [6.45, 7) is 2.16. The van der Waals surface area contributed by atoms with Crippen LogP contribution in [0.25, 0.3) is 0 Å². The Morgan fingerprint density at radius 2 is 1.14 bits per heavy atom. The van der Waals surface area contributed by atoms with Gasteiger partial charge in [0.1, 0.15) is 12.2 Å². The lowest BCUT2D eigenvalue weighted by molar-refractivity contribution is -0.295. The molecule has 1 N–H and O–H groups in total. The molecular weight excluding hydrogens is 801 g/mol. The zero-order chi connectivity index (χ0) is 44.1. The van der Waals surface area contributed by atoms with Crippen LogP contribution in [0, 0.1) is 5.92 Å². The highest BCUT2D eigenvalue weighted by molar-refractivity contribution is 5.93. The van der Waals surface area contributed by atoms with E-state index in [1.807, 2.05) is 140 Å². The standard InChI is InChI=1S/C52H58O11/c1-38(32-39-20-9-4-10-21-39)44(59-34-41-24-13-6-14-25-41)30-19-31-51(57-3)45(60-35-42-26-15-7-16-27-42)46(61-36-43-28-17-8-18-29-43)52(63-51)49(54)62-47(48(53)56-2)50(52,55)37-58-33-40-22-11-5-12-23-40/h4-18,20-29,38,44-47,55H,19,30-37H2,1-3H3/t38-,44-,45-,46-,47-,50+,51?,52+/m1/s1. The van der Waals surface area contributed by atoms with E-state index >= 15 is 0 Å².